The van der Waals surface area contributed by atoms with E-state index in [-0.39, 0.29) is 24.9 Å². The molecule has 8 nitrogen and oxygen atoms in total. The highest BCUT2D eigenvalue weighted by Crippen LogP contribution is 2.29. The van der Waals surface area contributed by atoms with Crippen LogP contribution in [0.15, 0.2) is 60.9 Å². The normalized spacial score (nSPS) is 11.3. The topological polar surface area (TPSA) is 101 Å². The maximum atomic E-state index is 12.9. The number of aromatic amines is 1. The van der Waals surface area contributed by atoms with Crippen molar-refractivity contribution in [3.8, 4) is 0 Å². The number of halogens is 4. The number of carbonyl (C=O) groups excluding carboxylic acids is 1. The van der Waals surface area contributed by atoms with Gasteiger partial charge < -0.3 is 15.6 Å². The van der Waals surface area contributed by atoms with Crippen LogP contribution in [0.4, 0.5) is 19.1 Å². The lowest BCUT2D eigenvalue weighted by Gasteiger charge is -2.09. The van der Waals surface area contributed by atoms with E-state index in [4.69, 9.17) is 0 Å². The highest BCUT2D eigenvalue weighted by molar-refractivity contribution is 5.94. The number of unbranched alkanes of at least 4 members (excludes halogenated alkanes) is 4. The molecule has 2 heterocycles. The standard InChI is InChI=1S/C32H40F3N7O.ClH/c1-2-3-5-9-24-14-16-26(17-15-24)30(43)36-18-19-42-23-29(40-41-42)13-7-4-6-12-28-22-38-31(39-28)37-21-25-10-8-11-27(20-25)32(33,34)35;/h8,10-11,14-17,20,22-23H,2-7,9,12-13,18-19,21H2,1H3,(H,36,43)(H2,37,38,39);1H. The van der Waals surface area contributed by atoms with Crippen molar-refractivity contribution in [2.45, 2.75) is 84.0 Å². The Morgan fingerprint density at radius 1 is 0.955 bits per heavy atom. The largest absolute Gasteiger partial charge is 0.416 e. The minimum atomic E-state index is -4.36. The van der Waals surface area contributed by atoms with Gasteiger partial charge in [0.05, 0.1) is 24.0 Å². The molecule has 238 valence electrons. The number of aryl methyl sites for hydroxylation is 3. The Labute approximate surface area is 262 Å². The van der Waals surface area contributed by atoms with Gasteiger partial charge in [0, 0.05) is 30.5 Å². The molecule has 0 unspecified atom stereocenters. The van der Waals surface area contributed by atoms with Crippen LogP contribution in [-0.2, 0) is 38.5 Å². The van der Waals surface area contributed by atoms with Crippen molar-refractivity contribution in [1.82, 2.24) is 30.3 Å². The second-order valence-electron chi connectivity index (χ2n) is 10.8. The molecular weight excluding hydrogens is 591 g/mol. The highest BCUT2D eigenvalue weighted by Gasteiger charge is 2.30. The molecule has 0 spiro atoms. The summed E-state index contributed by atoms with van der Waals surface area (Å²) in [5, 5.41) is 14.4. The second kappa shape index (κ2) is 17.4. The zero-order chi connectivity index (χ0) is 30.5. The third-order valence-electron chi connectivity index (χ3n) is 7.22. The van der Waals surface area contributed by atoms with E-state index in [1.165, 1.54) is 30.9 Å². The van der Waals surface area contributed by atoms with Crippen LogP contribution >= 0.6 is 12.4 Å². The molecule has 0 saturated heterocycles. The summed E-state index contributed by atoms with van der Waals surface area (Å²) in [6.07, 6.45) is 8.55. The van der Waals surface area contributed by atoms with E-state index in [2.05, 4.69) is 37.8 Å². The number of nitrogens with one attached hydrogen (secondary N) is 3. The minimum absolute atomic E-state index is 0. The molecule has 0 aliphatic carbocycles. The van der Waals surface area contributed by atoms with Crippen LogP contribution in [0.5, 0.6) is 0 Å². The molecule has 0 fully saturated rings. The van der Waals surface area contributed by atoms with Gasteiger partial charge in [-0.3, -0.25) is 9.48 Å². The zero-order valence-corrected chi connectivity index (χ0v) is 25.8. The van der Waals surface area contributed by atoms with Crippen LogP contribution in [0.3, 0.4) is 0 Å². The molecule has 0 saturated carbocycles. The maximum absolute atomic E-state index is 12.9. The van der Waals surface area contributed by atoms with E-state index >= 15 is 0 Å². The molecule has 0 atom stereocenters. The van der Waals surface area contributed by atoms with Gasteiger partial charge in [-0.15, -0.1) is 17.5 Å². The lowest BCUT2D eigenvalue weighted by Crippen LogP contribution is -2.27. The van der Waals surface area contributed by atoms with Crippen molar-refractivity contribution in [2.75, 3.05) is 11.9 Å². The predicted octanol–water partition coefficient (Wildman–Crippen LogP) is 7.17. The number of H-pyrrole nitrogens is 1. The molecule has 4 aromatic rings. The Morgan fingerprint density at radius 2 is 1.73 bits per heavy atom. The van der Waals surface area contributed by atoms with Crippen LogP contribution in [0.2, 0.25) is 0 Å². The zero-order valence-electron chi connectivity index (χ0n) is 25.0. The summed E-state index contributed by atoms with van der Waals surface area (Å²) in [6.45, 7) is 3.46. The fraction of sp³-hybridized carbons (Fsp3) is 0.438. The van der Waals surface area contributed by atoms with Gasteiger partial charge in [0.25, 0.3) is 5.91 Å². The van der Waals surface area contributed by atoms with Crippen LogP contribution in [0.25, 0.3) is 0 Å². The molecule has 44 heavy (non-hydrogen) atoms. The van der Waals surface area contributed by atoms with Crippen molar-refractivity contribution in [3.05, 3.63) is 94.6 Å². The lowest BCUT2D eigenvalue weighted by atomic mass is 10.1. The van der Waals surface area contributed by atoms with E-state index < -0.39 is 11.7 Å². The summed E-state index contributed by atoms with van der Waals surface area (Å²) in [5.74, 6) is 0.451. The molecule has 0 aliphatic heterocycles. The molecule has 0 aliphatic rings. The van der Waals surface area contributed by atoms with Gasteiger partial charge in [-0.05, 0) is 73.9 Å². The Morgan fingerprint density at radius 3 is 2.50 bits per heavy atom. The van der Waals surface area contributed by atoms with Gasteiger partial charge in [-0.25, -0.2) is 4.98 Å². The Hall–Kier alpha value is -3.86. The number of hydrogen-bond donors (Lipinski definition) is 3. The van der Waals surface area contributed by atoms with E-state index in [0.717, 1.165) is 62.0 Å². The number of nitrogens with zero attached hydrogens (tertiary/aromatic N) is 4. The number of imidazole rings is 1. The summed E-state index contributed by atoms with van der Waals surface area (Å²) in [6, 6.07) is 13.1. The van der Waals surface area contributed by atoms with Crippen molar-refractivity contribution in [2.24, 2.45) is 0 Å². The van der Waals surface area contributed by atoms with E-state index in [0.29, 0.717) is 30.2 Å². The second-order valence-corrected chi connectivity index (χ2v) is 10.8. The molecule has 0 radical (unpaired) electrons. The number of benzene rings is 2. The Kier molecular flexibility index (Phi) is 13.7. The van der Waals surface area contributed by atoms with E-state index in [1.807, 2.05) is 30.5 Å². The number of aromatic nitrogens is 5. The van der Waals surface area contributed by atoms with E-state index in [1.54, 1.807) is 16.9 Å². The van der Waals surface area contributed by atoms with Crippen molar-refractivity contribution in [1.29, 1.82) is 0 Å². The first kappa shape index (κ1) is 34.6. The summed E-state index contributed by atoms with van der Waals surface area (Å²) in [5.41, 5.74) is 3.70. The molecule has 2 aromatic heterocycles. The lowest BCUT2D eigenvalue weighted by molar-refractivity contribution is -0.137. The fourth-order valence-corrected chi connectivity index (χ4v) is 4.77. The number of carbonyl (C=O) groups is 1. The van der Waals surface area contributed by atoms with Crippen LogP contribution in [-0.4, -0.2) is 37.4 Å². The smallest absolute Gasteiger partial charge is 0.352 e. The molecule has 4 rings (SSSR count). The molecule has 1 amide bonds. The molecule has 12 heteroatoms. The average Bonchev–Trinajstić information content (AvgIpc) is 3.65. The van der Waals surface area contributed by atoms with Crippen molar-refractivity contribution in [3.63, 3.8) is 0 Å². The minimum Gasteiger partial charge on any atom is -0.352 e. The third kappa shape index (κ3) is 11.3. The Balaban J connectivity index is 0.00000529. The van der Waals surface area contributed by atoms with Gasteiger partial charge in [0.2, 0.25) is 5.95 Å². The number of anilines is 1. The van der Waals surface area contributed by atoms with Gasteiger partial charge >= 0.3 is 6.18 Å². The summed E-state index contributed by atoms with van der Waals surface area (Å²) in [4.78, 5) is 19.9. The summed E-state index contributed by atoms with van der Waals surface area (Å²) >= 11 is 0. The number of rotatable bonds is 17. The fourth-order valence-electron chi connectivity index (χ4n) is 4.77. The SMILES string of the molecule is CCCCCc1ccc(C(=O)NCCn2cc(CCCCCc3cnc(NCc4cccc(C(F)(F)F)c4)[nH]3)nn2)cc1.Cl. The van der Waals surface area contributed by atoms with Crippen LogP contribution in [0.1, 0.15) is 83.9 Å². The first-order chi connectivity index (χ1) is 20.8. The molecule has 3 N–H and O–H groups in total. The monoisotopic (exact) mass is 631 g/mol. The average molecular weight is 632 g/mol. The maximum Gasteiger partial charge on any atom is 0.416 e. The number of amides is 1. The van der Waals surface area contributed by atoms with Crippen molar-refractivity contribution >= 4 is 24.3 Å². The highest BCUT2D eigenvalue weighted by atomic mass is 35.5. The molecule has 0 bridgehead atoms. The number of hydrogen-bond acceptors (Lipinski definition) is 5. The molecular formula is C32H41ClF3N7O. The molecule has 2 aromatic carbocycles. The first-order valence-electron chi connectivity index (χ1n) is 15.0. The first-order valence-corrected chi connectivity index (χ1v) is 15.0. The van der Waals surface area contributed by atoms with Crippen LogP contribution in [0, 0.1) is 0 Å². The van der Waals surface area contributed by atoms with Gasteiger partial charge in [0.15, 0.2) is 0 Å². The quantitative estimate of drug-likeness (QED) is 0.107. The van der Waals surface area contributed by atoms with Crippen LogP contribution < -0.4 is 10.6 Å². The van der Waals surface area contributed by atoms with Gasteiger partial charge in [0.1, 0.15) is 0 Å². The summed E-state index contributed by atoms with van der Waals surface area (Å²) < 4.78 is 40.5. The summed E-state index contributed by atoms with van der Waals surface area (Å²) in [7, 11) is 0. The van der Waals surface area contributed by atoms with Gasteiger partial charge in [-0.2, -0.15) is 13.2 Å². The van der Waals surface area contributed by atoms with Crippen molar-refractivity contribution < 1.29 is 18.0 Å². The predicted molar refractivity (Wildman–Crippen MR) is 168 cm³/mol. The van der Waals surface area contributed by atoms with E-state index in [9.17, 15) is 18.0 Å². The number of alkyl halides is 3. The van der Waals surface area contributed by atoms with Gasteiger partial charge in [-0.1, -0.05) is 55.7 Å². The third-order valence-corrected chi connectivity index (χ3v) is 7.22. The Bertz CT molecular complexity index is 1420.